The van der Waals surface area contributed by atoms with Crippen molar-refractivity contribution < 1.29 is 9.90 Å². The van der Waals surface area contributed by atoms with E-state index in [2.05, 4.69) is 5.32 Å². The van der Waals surface area contributed by atoms with Gasteiger partial charge in [0.05, 0.1) is 6.04 Å². The number of carbonyl (C=O) groups excluding carboxylic acids is 1. The zero-order chi connectivity index (χ0) is 13.0. The maximum Gasteiger partial charge on any atom is 0.243 e. The molecule has 1 atom stereocenters. The first-order chi connectivity index (χ1) is 8.68. The van der Waals surface area contributed by atoms with Crippen LogP contribution in [0.3, 0.4) is 0 Å². The van der Waals surface area contributed by atoms with E-state index in [0.717, 1.165) is 31.5 Å². The summed E-state index contributed by atoms with van der Waals surface area (Å²) in [4.78, 5) is 14.0. The highest BCUT2D eigenvalue weighted by molar-refractivity contribution is 5.96. The zero-order valence-electron chi connectivity index (χ0n) is 10.7. The molecule has 18 heavy (non-hydrogen) atoms. The van der Waals surface area contributed by atoms with Crippen molar-refractivity contribution in [3.8, 4) is 5.75 Å². The van der Waals surface area contributed by atoms with E-state index >= 15 is 0 Å². The summed E-state index contributed by atoms with van der Waals surface area (Å²) in [5.74, 6) is 0.253. The van der Waals surface area contributed by atoms with E-state index in [1.54, 1.807) is 30.1 Å². The van der Waals surface area contributed by atoms with Gasteiger partial charge in [0.2, 0.25) is 5.91 Å². The average molecular weight is 248 g/mol. The molecular formula is C14H20N2O2. The van der Waals surface area contributed by atoms with Gasteiger partial charge in [0.15, 0.2) is 0 Å². The maximum atomic E-state index is 12.3. The normalized spacial score (nSPS) is 20.2. The molecule has 1 saturated heterocycles. The number of nitrogens with one attached hydrogen (secondary N) is 1. The van der Waals surface area contributed by atoms with Crippen LogP contribution in [0.15, 0.2) is 24.3 Å². The lowest BCUT2D eigenvalue weighted by atomic mass is 10.1. The summed E-state index contributed by atoms with van der Waals surface area (Å²) in [6, 6.07) is 6.68. The predicted octanol–water partition coefficient (Wildman–Crippen LogP) is 1.89. The van der Waals surface area contributed by atoms with E-state index < -0.39 is 0 Å². The lowest BCUT2D eigenvalue weighted by molar-refractivity contribution is -0.120. The SMILES string of the molecule is CN(C(=O)C1CCCCCN1)c1cccc(O)c1. The second kappa shape index (κ2) is 5.87. The van der Waals surface area contributed by atoms with Crippen molar-refractivity contribution in [3.63, 3.8) is 0 Å². The Hall–Kier alpha value is -1.55. The third-order valence-electron chi connectivity index (χ3n) is 3.41. The molecule has 1 heterocycles. The summed E-state index contributed by atoms with van der Waals surface area (Å²) < 4.78 is 0. The molecule has 0 aliphatic carbocycles. The number of carbonyl (C=O) groups is 1. The van der Waals surface area contributed by atoms with Gasteiger partial charge in [-0.15, -0.1) is 0 Å². The van der Waals surface area contributed by atoms with Crippen LogP contribution in [-0.4, -0.2) is 30.6 Å². The highest BCUT2D eigenvalue weighted by atomic mass is 16.3. The van der Waals surface area contributed by atoms with Crippen molar-refractivity contribution in [2.45, 2.75) is 31.7 Å². The van der Waals surface area contributed by atoms with E-state index in [1.807, 2.05) is 6.07 Å². The molecule has 1 aliphatic heterocycles. The first kappa shape index (κ1) is 12.9. The predicted molar refractivity (Wildman–Crippen MR) is 71.8 cm³/mol. The molecule has 1 amide bonds. The molecule has 1 aliphatic rings. The number of hydrogen-bond acceptors (Lipinski definition) is 3. The number of phenolic OH excluding ortho intramolecular Hbond substituents is 1. The lowest BCUT2D eigenvalue weighted by Crippen LogP contribution is -2.44. The quantitative estimate of drug-likeness (QED) is 0.840. The Labute approximate surface area is 108 Å². The fourth-order valence-electron chi connectivity index (χ4n) is 2.30. The number of anilines is 1. The van der Waals surface area contributed by atoms with Crippen LogP contribution in [0, 0.1) is 0 Å². The maximum absolute atomic E-state index is 12.3. The summed E-state index contributed by atoms with van der Waals surface area (Å²) in [6.07, 6.45) is 4.31. The third-order valence-corrected chi connectivity index (χ3v) is 3.41. The molecule has 1 fully saturated rings. The van der Waals surface area contributed by atoms with Gasteiger partial charge in [0.25, 0.3) is 0 Å². The Morgan fingerprint density at radius 3 is 3.00 bits per heavy atom. The number of aromatic hydroxyl groups is 1. The molecule has 0 spiro atoms. The van der Waals surface area contributed by atoms with Crippen molar-refractivity contribution in [2.75, 3.05) is 18.5 Å². The van der Waals surface area contributed by atoms with Gasteiger partial charge in [-0.1, -0.05) is 18.9 Å². The zero-order valence-corrected chi connectivity index (χ0v) is 10.7. The fourth-order valence-corrected chi connectivity index (χ4v) is 2.30. The standard InChI is InChI=1S/C14H20N2O2/c1-16(11-6-5-7-12(17)10-11)14(18)13-8-3-2-4-9-15-13/h5-7,10,13,15,17H,2-4,8-9H2,1H3. The second-order valence-electron chi connectivity index (χ2n) is 4.77. The molecule has 0 aromatic heterocycles. The van der Waals surface area contributed by atoms with Gasteiger partial charge in [0.1, 0.15) is 5.75 Å². The highest BCUT2D eigenvalue weighted by Gasteiger charge is 2.23. The van der Waals surface area contributed by atoms with Crippen molar-refractivity contribution in [1.29, 1.82) is 0 Å². The minimum atomic E-state index is -0.0974. The van der Waals surface area contributed by atoms with E-state index in [0.29, 0.717) is 0 Å². The largest absolute Gasteiger partial charge is 0.508 e. The molecule has 0 radical (unpaired) electrons. The van der Waals surface area contributed by atoms with Crippen LogP contribution in [0.1, 0.15) is 25.7 Å². The number of nitrogens with zero attached hydrogens (tertiary/aromatic N) is 1. The van der Waals surface area contributed by atoms with Crippen LogP contribution in [0.5, 0.6) is 5.75 Å². The van der Waals surface area contributed by atoms with Crippen molar-refractivity contribution >= 4 is 11.6 Å². The lowest BCUT2D eigenvalue weighted by Gasteiger charge is -2.23. The van der Waals surface area contributed by atoms with E-state index in [4.69, 9.17) is 0 Å². The number of rotatable bonds is 2. The van der Waals surface area contributed by atoms with Gasteiger partial charge in [-0.3, -0.25) is 4.79 Å². The van der Waals surface area contributed by atoms with Gasteiger partial charge in [-0.2, -0.15) is 0 Å². The highest BCUT2D eigenvalue weighted by Crippen LogP contribution is 2.20. The van der Waals surface area contributed by atoms with E-state index in [-0.39, 0.29) is 17.7 Å². The van der Waals surface area contributed by atoms with Crippen LogP contribution in [0.25, 0.3) is 0 Å². The number of hydrogen-bond donors (Lipinski definition) is 2. The number of likely N-dealkylation sites (N-methyl/N-ethyl adjacent to an activating group) is 1. The molecule has 4 nitrogen and oxygen atoms in total. The van der Waals surface area contributed by atoms with Crippen molar-refractivity contribution in [3.05, 3.63) is 24.3 Å². The number of benzene rings is 1. The smallest absolute Gasteiger partial charge is 0.243 e. The summed E-state index contributed by atoms with van der Waals surface area (Å²) in [5, 5.41) is 12.7. The molecule has 4 heteroatoms. The molecule has 0 saturated carbocycles. The first-order valence-corrected chi connectivity index (χ1v) is 6.48. The van der Waals surface area contributed by atoms with E-state index in [1.165, 1.54) is 6.42 Å². The van der Waals surface area contributed by atoms with Crippen molar-refractivity contribution in [2.24, 2.45) is 0 Å². The molecular weight excluding hydrogens is 228 g/mol. The van der Waals surface area contributed by atoms with Gasteiger partial charge >= 0.3 is 0 Å². The van der Waals surface area contributed by atoms with Crippen molar-refractivity contribution in [1.82, 2.24) is 5.32 Å². The number of amides is 1. The average Bonchev–Trinajstić information content (AvgIpc) is 2.66. The topological polar surface area (TPSA) is 52.6 Å². The third kappa shape index (κ3) is 3.01. The summed E-state index contributed by atoms with van der Waals surface area (Å²) in [6.45, 7) is 0.907. The number of phenols is 1. The molecule has 1 aromatic carbocycles. The Kier molecular flexibility index (Phi) is 4.20. The Morgan fingerprint density at radius 2 is 2.22 bits per heavy atom. The Bertz CT molecular complexity index is 412. The molecule has 1 aromatic rings. The van der Waals surface area contributed by atoms with Gasteiger partial charge < -0.3 is 15.3 Å². The van der Waals surface area contributed by atoms with Gasteiger partial charge in [0, 0.05) is 18.8 Å². The van der Waals surface area contributed by atoms with Crippen LogP contribution in [0.4, 0.5) is 5.69 Å². The summed E-state index contributed by atoms with van der Waals surface area (Å²) >= 11 is 0. The first-order valence-electron chi connectivity index (χ1n) is 6.48. The van der Waals surface area contributed by atoms with Gasteiger partial charge in [-0.05, 0) is 31.5 Å². The Morgan fingerprint density at radius 1 is 1.39 bits per heavy atom. The molecule has 98 valence electrons. The summed E-state index contributed by atoms with van der Waals surface area (Å²) in [5.41, 5.74) is 0.728. The molecule has 1 unspecified atom stereocenters. The summed E-state index contributed by atoms with van der Waals surface area (Å²) in [7, 11) is 1.75. The van der Waals surface area contributed by atoms with Crippen LogP contribution < -0.4 is 10.2 Å². The molecule has 2 N–H and O–H groups in total. The van der Waals surface area contributed by atoms with E-state index in [9.17, 15) is 9.90 Å². The monoisotopic (exact) mass is 248 g/mol. The Balaban J connectivity index is 2.07. The van der Waals surface area contributed by atoms with Gasteiger partial charge in [-0.25, -0.2) is 0 Å². The molecule has 0 bridgehead atoms. The van der Waals surface area contributed by atoms with Crippen LogP contribution >= 0.6 is 0 Å². The molecule has 2 rings (SSSR count). The minimum Gasteiger partial charge on any atom is -0.508 e. The fraction of sp³-hybridized carbons (Fsp3) is 0.500. The van der Waals surface area contributed by atoms with Crippen LogP contribution in [-0.2, 0) is 4.79 Å². The minimum absolute atomic E-state index is 0.0718. The van der Waals surface area contributed by atoms with Crippen LogP contribution in [0.2, 0.25) is 0 Å². The second-order valence-corrected chi connectivity index (χ2v) is 4.77.